The van der Waals surface area contributed by atoms with Gasteiger partial charge in [0.05, 0.1) is 0 Å². The topological polar surface area (TPSA) is 17.1 Å². The predicted octanol–water partition coefficient (Wildman–Crippen LogP) is 4.67. The largest absolute Gasteiger partial charge is 0.294 e. The van der Waals surface area contributed by atoms with Gasteiger partial charge in [-0.25, -0.2) is 0 Å². The summed E-state index contributed by atoms with van der Waals surface area (Å²) in [5.74, 6) is 0.810. The van der Waals surface area contributed by atoms with Gasteiger partial charge < -0.3 is 0 Å². The molecule has 0 unspecified atom stereocenters. The van der Waals surface area contributed by atoms with Gasteiger partial charge in [-0.3, -0.25) is 4.79 Å². The van der Waals surface area contributed by atoms with Crippen LogP contribution in [0.2, 0.25) is 0 Å². The molecule has 82 valence electrons. The van der Waals surface area contributed by atoms with Gasteiger partial charge in [-0.15, -0.1) is 0 Å². The maximum Gasteiger partial charge on any atom is 0.164 e. The molecule has 0 aliphatic rings. The maximum absolute atomic E-state index is 11.9. The summed E-state index contributed by atoms with van der Waals surface area (Å²) >= 11 is 5.64. The highest BCUT2D eigenvalue weighted by molar-refractivity contribution is 14.1. The van der Waals surface area contributed by atoms with E-state index in [1.807, 2.05) is 18.2 Å². The third-order valence-corrected chi connectivity index (χ3v) is 3.54. The fourth-order valence-corrected chi connectivity index (χ4v) is 2.22. The number of halogens is 2. The van der Waals surface area contributed by atoms with Crippen LogP contribution in [0.25, 0.3) is 0 Å². The molecule has 1 rings (SSSR count). The van der Waals surface area contributed by atoms with E-state index in [-0.39, 0.29) is 5.78 Å². The molecule has 0 aromatic heterocycles. The molecule has 0 heterocycles. The minimum Gasteiger partial charge on any atom is -0.294 e. The summed E-state index contributed by atoms with van der Waals surface area (Å²) in [6.45, 7) is 4.27. The molecule has 1 aromatic rings. The third-order valence-electron chi connectivity index (χ3n) is 2.18. The summed E-state index contributed by atoms with van der Waals surface area (Å²) in [7, 11) is 0. The van der Waals surface area contributed by atoms with Crippen molar-refractivity contribution in [1.29, 1.82) is 0 Å². The summed E-state index contributed by atoms with van der Waals surface area (Å²) in [4.78, 5) is 11.9. The molecule has 0 spiro atoms. The standard InChI is InChI=1S/C12H14BrIO/c1-8(2)3-6-12(15)10-7-9(14)4-5-11(10)13/h4-5,7-8H,3,6H2,1-2H3. The quantitative estimate of drug-likeness (QED) is 0.547. The SMILES string of the molecule is CC(C)CCC(=O)c1cc(I)ccc1Br. The first-order valence-corrected chi connectivity index (χ1v) is 6.86. The highest BCUT2D eigenvalue weighted by Crippen LogP contribution is 2.22. The van der Waals surface area contributed by atoms with Gasteiger partial charge in [0, 0.05) is 20.0 Å². The highest BCUT2D eigenvalue weighted by atomic mass is 127. The number of Topliss-reactive ketones (excluding diaryl/α,β-unsaturated/α-hetero) is 1. The zero-order chi connectivity index (χ0) is 11.4. The van der Waals surface area contributed by atoms with Gasteiger partial charge in [0.15, 0.2) is 5.78 Å². The predicted molar refractivity (Wildman–Crippen MR) is 75.3 cm³/mol. The number of benzene rings is 1. The lowest BCUT2D eigenvalue weighted by atomic mass is 10.0. The van der Waals surface area contributed by atoms with E-state index in [0.717, 1.165) is 20.0 Å². The number of carbonyl (C=O) groups excluding carboxylic acids is 1. The molecular weight excluding hydrogens is 367 g/mol. The van der Waals surface area contributed by atoms with Gasteiger partial charge in [0.25, 0.3) is 0 Å². The zero-order valence-electron chi connectivity index (χ0n) is 8.89. The van der Waals surface area contributed by atoms with E-state index in [4.69, 9.17) is 0 Å². The molecule has 0 saturated carbocycles. The second-order valence-electron chi connectivity index (χ2n) is 3.98. The van der Waals surface area contributed by atoms with Crippen LogP contribution in [0.5, 0.6) is 0 Å². The Balaban J connectivity index is 2.77. The molecule has 0 atom stereocenters. The first kappa shape index (κ1) is 13.2. The highest BCUT2D eigenvalue weighted by Gasteiger charge is 2.10. The van der Waals surface area contributed by atoms with Gasteiger partial charge in [0.1, 0.15) is 0 Å². The first-order chi connectivity index (χ1) is 7.00. The van der Waals surface area contributed by atoms with Crippen molar-refractivity contribution in [3.8, 4) is 0 Å². The normalized spacial score (nSPS) is 10.7. The molecular formula is C12H14BrIO. The smallest absolute Gasteiger partial charge is 0.164 e. The average Bonchev–Trinajstić information content (AvgIpc) is 2.18. The molecule has 0 aliphatic carbocycles. The van der Waals surface area contributed by atoms with Crippen LogP contribution in [0.15, 0.2) is 22.7 Å². The molecule has 3 heteroatoms. The number of rotatable bonds is 4. The molecule has 0 fully saturated rings. The van der Waals surface area contributed by atoms with Crippen molar-refractivity contribution >= 4 is 44.3 Å². The lowest BCUT2D eigenvalue weighted by Crippen LogP contribution is -2.02. The van der Waals surface area contributed by atoms with E-state index in [9.17, 15) is 4.79 Å². The van der Waals surface area contributed by atoms with Gasteiger partial charge >= 0.3 is 0 Å². The summed E-state index contributed by atoms with van der Waals surface area (Å²) < 4.78 is 2.00. The van der Waals surface area contributed by atoms with Crippen molar-refractivity contribution in [2.45, 2.75) is 26.7 Å². The Morgan fingerprint density at radius 2 is 2.13 bits per heavy atom. The van der Waals surface area contributed by atoms with Crippen molar-refractivity contribution in [1.82, 2.24) is 0 Å². The Hall–Kier alpha value is 0.1000. The van der Waals surface area contributed by atoms with Crippen LogP contribution < -0.4 is 0 Å². The maximum atomic E-state index is 11.9. The van der Waals surface area contributed by atoms with Crippen LogP contribution in [0, 0.1) is 9.49 Å². The molecule has 0 bridgehead atoms. The Morgan fingerprint density at radius 3 is 2.73 bits per heavy atom. The van der Waals surface area contributed by atoms with Gasteiger partial charge in [-0.05, 0) is 53.1 Å². The van der Waals surface area contributed by atoms with Crippen LogP contribution in [0.3, 0.4) is 0 Å². The summed E-state index contributed by atoms with van der Waals surface area (Å²) in [5, 5.41) is 0. The number of ketones is 1. The van der Waals surface area contributed by atoms with Crippen LogP contribution in [-0.2, 0) is 0 Å². The monoisotopic (exact) mass is 380 g/mol. The molecule has 0 N–H and O–H groups in total. The first-order valence-electron chi connectivity index (χ1n) is 4.99. The van der Waals surface area contributed by atoms with Crippen molar-refractivity contribution in [3.63, 3.8) is 0 Å². The number of hydrogen-bond donors (Lipinski definition) is 0. The van der Waals surface area contributed by atoms with Crippen molar-refractivity contribution in [2.75, 3.05) is 0 Å². The zero-order valence-corrected chi connectivity index (χ0v) is 12.6. The number of carbonyl (C=O) groups is 1. The second-order valence-corrected chi connectivity index (χ2v) is 6.08. The molecule has 0 radical (unpaired) electrons. The van der Waals surface area contributed by atoms with E-state index in [1.165, 1.54) is 0 Å². The minimum atomic E-state index is 0.231. The molecule has 0 saturated heterocycles. The van der Waals surface area contributed by atoms with Crippen LogP contribution >= 0.6 is 38.5 Å². The van der Waals surface area contributed by atoms with E-state index in [2.05, 4.69) is 52.4 Å². The van der Waals surface area contributed by atoms with E-state index < -0.39 is 0 Å². The van der Waals surface area contributed by atoms with E-state index in [0.29, 0.717) is 12.3 Å². The van der Waals surface area contributed by atoms with Crippen molar-refractivity contribution in [2.24, 2.45) is 5.92 Å². The summed E-state index contributed by atoms with van der Waals surface area (Å²) in [6.07, 6.45) is 1.59. The van der Waals surface area contributed by atoms with Crippen molar-refractivity contribution < 1.29 is 4.79 Å². The molecule has 0 amide bonds. The van der Waals surface area contributed by atoms with E-state index >= 15 is 0 Å². The second kappa shape index (κ2) is 5.99. The van der Waals surface area contributed by atoms with Crippen molar-refractivity contribution in [3.05, 3.63) is 31.8 Å². The van der Waals surface area contributed by atoms with Gasteiger partial charge in [-0.1, -0.05) is 29.8 Å². The molecule has 15 heavy (non-hydrogen) atoms. The third kappa shape index (κ3) is 4.23. The molecule has 0 aliphatic heterocycles. The average molecular weight is 381 g/mol. The Bertz CT molecular complexity index is 361. The number of hydrogen-bond acceptors (Lipinski definition) is 1. The molecule has 1 nitrogen and oxygen atoms in total. The Morgan fingerprint density at radius 1 is 1.47 bits per heavy atom. The van der Waals surface area contributed by atoms with Crippen LogP contribution in [-0.4, -0.2) is 5.78 Å². The summed E-state index contributed by atoms with van der Waals surface area (Å²) in [5.41, 5.74) is 0.808. The van der Waals surface area contributed by atoms with Gasteiger partial charge in [-0.2, -0.15) is 0 Å². The van der Waals surface area contributed by atoms with E-state index in [1.54, 1.807) is 0 Å². The Labute approximate surface area is 113 Å². The Kier molecular flexibility index (Phi) is 5.26. The lowest BCUT2D eigenvalue weighted by molar-refractivity contribution is 0.0974. The summed E-state index contributed by atoms with van der Waals surface area (Å²) in [6, 6.07) is 5.86. The van der Waals surface area contributed by atoms with Gasteiger partial charge in [0.2, 0.25) is 0 Å². The molecule has 1 aromatic carbocycles. The van der Waals surface area contributed by atoms with Crippen LogP contribution in [0.1, 0.15) is 37.0 Å². The fraction of sp³-hybridized carbons (Fsp3) is 0.417. The fourth-order valence-electron chi connectivity index (χ4n) is 1.27. The van der Waals surface area contributed by atoms with Crippen LogP contribution in [0.4, 0.5) is 0 Å². The lowest BCUT2D eigenvalue weighted by Gasteiger charge is -2.06. The minimum absolute atomic E-state index is 0.231.